The number of phenols is 1. The summed E-state index contributed by atoms with van der Waals surface area (Å²) in [5.41, 5.74) is -0.286. The number of nitrogens with zero attached hydrogens (tertiary/aromatic N) is 1. The summed E-state index contributed by atoms with van der Waals surface area (Å²) in [6.45, 7) is 1.51. The van der Waals surface area contributed by atoms with Crippen LogP contribution in [0.4, 0.5) is 17.6 Å². The average Bonchev–Trinajstić information content (AvgIpc) is 2.92. The SMILES string of the molecule is COC(=O)Cc1c(C)n(C(=O)c2ccc(C(F)(F)F)cc2)c2cc(F)c(O)cc12. The Morgan fingerprint density at radius 3 is 2.31 bits per heavy atom. The molecule has 29 heavy (non-hydrogen) atoms. The third kappa shape index (κ3) is 3.67. The zero-order chi connectivity index (χ0) is 21.5. The second-order valence-corrected chi connectivity index (χ2v) is 6.35. The number of phenolic OH excluding ortho intramolecular Hbond substituents is 1. The minimum absolute atomic E-state index is 0.0592. The van der Waals surface area contributed by atoms with Gasteiger partial charge in [0.1, 0.15) is 0 Å². The molecule has 0 atom stereocenters. The Balaban J connectivity index is 2.18. The highest BCUT2D eigenvalue weighted by molar-refractivity contribution is 6.05. The van der Waals surface area contributed by atoms with Crippen LogP contribution in [0.25, 0.3) is 10.9 Å². The molecule has 0 saturated heterocycles. The lowest BCUT2D eigenvalue weighted by atomic mass is 10.1. The third-order valence-corrected chi connectivity index (χ3v) is 4.61. The highest BCUT2D eigenvalue weighted by Gasteiger charge is 2.30. The molecule has 0 amide bonds. The van der Waals surface area contributed by atoms with E-state index in [4.69, 9.17) is 0 Å². The van der Waals surface area contributed by atoms with Gasteiger partial charge in [-0.3, -0.25) is 14.2 Å². The van der Waals surface area contributed by atoms with Crippen LogP contribution in [0.3, 0.4) is 0 Å². The van der Waals surface area contributed by atoms with Gasteiger partial charge in [-0.1, -0.05) is 0 Å². The van der Waals surface area contributed by atoms with Crippen molar-refractivity contribution in [1.29, 1.82) is 0 Å². The first-order chi connectivity index (χ1) is 13.5. The Bertz CT molecular complexity index is 1110. The standard InChI is InChI=1S/C20H15F4NO4/c1-10-13(8-18(27)29-2)14-7-17(26)15(21)9-16(14)25(10)19(28)11-3-5-12(6-4-11)20(22,23)24/h3-7,9,26H,8H2,1-2H3. The van der Waals surface area contributed by atoms with Gasteiger partial charge in [0.25, 0.3) is 5.91 Å². The third-order valence-electron chi connectivity index (χ3n) is 4.61. The topological polar surface area (TPSA) is 68.5 Å². The Morgan fingerprint density at radius 1 is 1.14 bits per heavy atom. The largest absolute Gasteiger partial charge is 0.505 e. The minimum atomic E-state index is -4.55. The number of esters is 1. The first kappa shape index (κ1) is 20.4. The fourth-order valence-electron chi connectivity index (χ4n) is 3.12. The molecular weight excluding hydrogens is 394 g/mol. The van der Waals surface area contributed by atoms with Crippen molar-refractivity contribution in [1.82, 2.24) is 4.57 Å². The second-order valence-electron chi connectivity index (χ2n) is 6.35. The highest BCUT2D eigenvalue weighted by atomic mass is 19.4. The van der Waals surface area contributed by atoms with Gasteiger partial charge in [0.05, 0.1) is 24.6 Å². The van der Waals surface area contributed by atoms with Crippen LogP contribution >= 0.6 is 0 Å². The number of aromatic nitrogens is 1. The fourth-order valence-corrected chi connectivity index (χ4v) is 3.12. The maximum absolute atomic E-state index is 14.0. The van der Waals surface area contributed by atoms with Crippen molar-refractivity contribution < 1.29 is 37.0 Å². The molecule has 0 aliphatic carbocycles. The lowest BCUT2D eigenvalue weighted by Crippen LogP contribution is -2.15. The Morgan fingerprint density at radius 2 is 1.76 bits per heavy atom. The number of ether oxygens (including phenoxy) is 1. The molecule has 152 valence electrons. The number of methoxy groups -OCH3 is 1. The van der Waals surface area contributed by atoms with E-state index < -0.39 is 35.2 Å². The summed E-state index contributed by atoms with van der Waals surface area (Å²) in [6, 6.07) is 5.61. The second kappa shape index (κ2) is 7.23. The van der Waals surface area contributed by atoms with Crippen LogP contribution in [-0.2, 0) is 22.1 Å². The molecule has 0 saturated carbocycles. The van der Waals surface area contributed by atoms with Crippen molar-refractivity contribution in [3.63, 3.8) is 0 Å². The fraction of sp³-hybridized carbons (Fsp3) is 0.200. The maximum Gasteiger partial charge on any atom is 0.416 e. The molecule has 0 fully saturated rings. The monoisotopic (exact) mass is 409 g/mol. The number of rotatable bonds is 3. The molecule has 0 bridgehead atoms. The summed E-state index contributed by atoms with van der Waals surface area (Å²) in [6.07, 6.45) is -4.79. The average molecular weight is 409 g/mol. The number of benzene rings is 2. The Kier molecular flexibility index (Phi) is 5.08. The number of fused-ring (bicyclic) bond motifs is 1. The van der Waals surface area contributed by atoms with Crippen LogP contribution in [0.1, 0.15) is 27.2 Å². The smallest absolute Gasteiger partial charge is 0.416 e. The summed E-state index contributed by atoms with van der Waals surface area (Å²) in [5, 5.41) is 9.96. The van der Waals surface area contributed by atoms with Crippen LogP contribution < -0.4 is 0 Å². The molecule has 0 aliphatic rings. The van der Waals surface area contributed by atoms with Crippen LogP contribution in [0.2, 0.25) is 0 Å². The Hall–Kier alpha value is -3.36. The van der Waals surface area contributed by atoms with Crippen LogP contribution in [0.15, 0.2) is 36.4 Å². The number of alkyl halides is 3. The van der Waals surface area contributed by atoms with E-state index >= 15 is 0 Å². The molecule has 1 aromatic heterocycles. The zero-order valence-corrected chi connectivity index (χ0v) is 15.3. The lowest BCUT2D eigenvalue weighted by Gasteiger charge is -2.10. The molecular formula is C20H15F4NO4. The number of halogens is 4. The molecule has 0 unspecified atom stereocenters. The number of aromatic hydroxyl groups is 1. The van der Waals surface area contributed by atoms with Gasteiger partial charge < -0.3 is 9.84 Å². The molecule has 3 aromatic rings. The van der Waals surface area contributed by atoms with Gasteiger partial charge in [0.2, 0.25) is 0 Å². The molecule has 5 nitrogen and oxygen atoms in total. The molecule has 0 aliphatic heterocycles. The summed E-state index contributed by atoms with van der Waals surface area (Å²) in [5.74, 6) is -2.97. The molecule has 1 heterocycles. The van der Waals surface area contributed by atoms with E-state index in [2.05, 4.69) is 4.74 Å². The van der Waals surface area contributed by atoms with E-state index in [0.29, 0.717) is 5.56 Å². The van der Waals surface area contributed by atoms with Gasteiger partial charge in [-0.05, 0) is 42.8 Å². The molecule has 1 N–H and O–H groups in total. The van der Waals surface area contributed by atoms with Crippen molar-refractivity contribution in [2.24, 2.45) is 0 Å². The first-order valence-electron chi connectivity index (χ1n) is 8.35. The Labute approximate surface area is 162 Å². The van der Waals surface area contributed by atoms with E-state index in [1.807, 2.05) is 0 Å². The molecule has 2 aromatic carbocycles. The minimum Gasteiger partial charge on any atom is -0.505 e. The maximum atomic E-state index is 14.0. The molecule has 9 heteroatoms. The van der Waals surface area contributed by atoms with E-state index in [9.17, 15) is 32.3 Å². The number of hydrogen-bond acceptors (Lipinski definition) is 4. The van der Waals surface area contributed by atoms with E-state index in [0.717, 1.165) is 41.0 Å². The normalized spacial score (nSPS) is 11.7. The molecule has 0 radical (unpaired) electrons. The lowest BCUT2D eigenvalue weighted by molar-refractivity contribution is -0.140. The van der Waals surface area contributed by atoms with Gasteiger partial charge in [0, 0.05) is 22.7 Å². The first-order valence-corrected chi connectivity index (χ1v) is 8.35. The van der Waals surface area contributed by atoms with Gasteiger partial charge in [-0.25, -0.2) is 4.39 Å². The van der Waals surface area contributed by atoms with E-state index in [1.54, 1.807) is 0 Å². The summed E-state index contributed by atoms with van der Waals surface area (Å²) < 4.78 is 58.0. The van der Waals surface area contributed by atoms with Gasteiger partial charge in [-0.15, -0.1) is 0 Å². The zero-order valence-electron chi connectivity index (χ0n) is 15.3. The van der Waals surface area contributed by atoms with Crippen molar-refractivity contribution in [2.75, 3.05) is 7.11 Å². The van der Waals surface area contributed by atoms with Gasteiger partial charge >= 0.3 is 12.1 Å². The molecule has 3 rings (SSSR count). The van der Waals surface area contributed by atoms with Crippen LogP contribution in [0, 0.1) is 12.7 Å². The predicted molar refractivity (Wildman–Crippen MR) is 95.2 cm³/mol. The highest BCUT2D eigenvalue weighted by Crippen LogP contribution is 2.33. The van der Waals surface area contributed by atoms with Crippen molar-refractivity contribution in [3.05, 3.63) is 64.6 Å². The summed E-state index contributed by atoms with van der Waals surface area (Å²) in [7, 11) is 1.18. The van der Waals surface area contributed by atoms with Crippen LogP contribution in [0.5, 0.6) is 5.75 Å². The van der Waals surface area contributed by atoms with Gasteiger partial charge in [-0.2, -0.15) is 13.2 Å². The van der Waals surface area contributed by atoms with Crippen molar-refractivity contribution >= 4 is 22.8 Å². The number of carbonyl (C=O) groups is 2. The predicted octanol–water partition coefficient (Wildman–Crippen LogP) is 4.22. The van der Waals surface area contributed by atoms with Crippen molar-refractivity contribution in [3.8, 4) is 5.75 Å². The van der Waals surface area contributed by atoms with E-state index in [1.165, 1.54) is 14.0 Å². The number of hydrogen-bond donors (Lipinski definition) is 1. The van der Waals surface area contributed by atoms with Gasteiger partial charge in [0.15, 0.2) is 11.6 Å². The number of carbonyl (C=O) groups excluding carboxylic acids is 2. The van der Waals surface area contributed by atoms with Crippen molar-refractivity contribution in [2.45, 2.75) is 19.5 Å². The van der Waals surface area contributed by atoms with E-state index in [-0.39, 0.29) is 28.6 Å². The summed E-state index contributed by atoms with van der Waals surface area (Å²) >= 11 is 0. The quantitative estimate of drug-likeness (QED) is 0.520. The molecule has 0 spiro atoms. The summed E-state index contributed by atoms with van der Waals surface area (Å²) in [4.78, 5) is 24.7. The van der Waals surface area contributed by atoms with Crippen LogP contribution in [-0.4, -0.2) is 28.7 Å².